The van der Waals surface area contributed by atoms with Gasteiger partial charge in [-0.2, -0.15) is 0 Å². The van der Waals surface area contributed by atoms with Crippen LogP contribution in [0, 0.1) is 6.92 Å². The highest BCUT2D eigenvalue weighted by Gasteiger charge is 2.20. The first-order valence-electron chi connectivity index (χ1n) is 8.11. The van der Waals surface area contributed by atoms with E-state index in [-0.39, 0.29) is 0 Å². The highest BCUT2D eigenvalue weighted by atomic mass is 16.5. The van der Waals surface area contributed by atoms with Gasteiger partial charge in [0, 0.05) is 0 Å². The first-order valence-corrected chi connectivity index (χ1v) is 8.11. The van der Waals surface area contributed by atoms with Crippen molar-refractivity contribution in [3.63, 3.8) is 0 Å². The average Bonchev–Trinajstić information content (AvgIpc) is 2.54. The molecule has 3 heteroatoms. The van der Waals surface area contributed by atoms with E-state index in [9.17, 15) is 9.90 Å². The lowest BCUT2D eigenvalue weighted by atomic mass is 9.91. The van der Waals surface area contributed by atoms with Gasteiger partial charge in [0.15, 0.2) is 0 Å². The van der Waals surface area contributed by atoms with Crippen molar-refractivity contribution in [2.75, 3.05) is 6.61 Å². The Morgan fingerprint density at radius 1 is 1.17 bits per heavy atom. The van der Waals surface area contributed by atoms with Gasteiger partial charge in [-0.25, -0.2) is 0 Å². The molecule has 1 atom stereocenters. The molecule has 2 rings (SSSR count). The minimum Gasteiger partial charge on any atom is -0.494 e. The third kappa shape index (κ3) is 5.13. The van der Waals surface area contributed by atoms with Crippen LogP contribution in [0.4, 0.5) is 0 Å². The van der Waals surface area contributed by atoms with Gasteiger partial charge >= 0.3 is 5.97 Å². The monoisotopic (exact) mass is 312 g/mol. The molecule has 1 unspecified atom stereocenters. The number of aliphatic carboxylic acids is 1. The number of carboxylic acids is 1. The van der Waals surface area contributed by atoms with Gasteiger partial charge in [-0.05, 0) is 43.0 Å². The van der Waals surface area contributed by atoms with Crippen molar-refractivity contribution in [3.8, 4) is 5.75 Å². The van der Waals surface area contributed by atoms with E-state index in [1.165, 1.54) is 0 Å². The maximum atomic E-state index is 11.7. The van der Waals surface area contributed by atoms with Crippen LogP contribution in [0.1, 0.15) is 42.4 Å². The number of ether oxygens (including phenoxy) is 1. The van der Waals surface area contributed by atoms with Crippen molar-refractivity contribution in [2.24, 2.45) is 0 Å². The largest absolute Gasteiger partial charge is 0.494 e. The smallest absolute Gasteiger partial charge is 0.311 e. The van der Waals surface area contributed by atoms with E-state index in [4.69, 9.17) is 4.74 Å². The lowest BCUT2D eigenvalue weighted by Crippen LogP contribution is -2.14. The second kappa shape index (κ2) is 8.37. The van der Waals surface area contributed by atoms with E-state index >= 15 is 0 Å². The van der Waals surface area contributed by atoms with Crippen molar-refractivity contribution in [3.05, 3.63) is 65.2 Å². The van der Waals surface area contributed by atoms with E-state index in [0.717, 1.165) is 35.3 Å². The summed E-state index contributed by atoms with van der Waals surface area (Å²) in [7, 11) is 0. The second-order valence-electron chi connectivity index (χ2n) is 5.86. The van der Waals surface area contributed by atoms with Gasteiger partial charge in [-0.1, -0.05) is 55.3 Å². The molecule has 2 aromatic rings. The Hall–Kier alpha value is -2.29. The normalized spacial score (nSPS) is 11.9. The first kappa shape index (κ1) is 17.1. The predicted molar refractivity (Wildman–Crippen MR) is 92.1 cm³/mol. The molecule has 0 heterocycles. The summed E-state index contributed by atoms with van der Waals surface area (Å²) in [5, 5.41) is 9.57. The molecule has 0 aliphatic heterocycles. The van der Waals surface area contributed by atoms with Crippen LogP contribution < -0.4 is 4.74 Å². The molecule has 3 nitrogen and oxygen atoms in total. The quantitative estimate of drug-likeness (QED) is 0.725. The zero-order valence-corrected chi connectivity index (χ0v) is 13.8. The third-order valence-electron chi connectivity index (χ3n) is 3.88. The summed E-state index contributed by atoms with van der Waals surface area (Å²) < 4.78 is 5.70. The van der Waals surface area contributed by atoms with E-state index < -0.39 is 11.9 Å². The Bertz CT molecular complexity index is 632. The molecule has 0 radical (unpaired) electrons. The van der Waals surface area contributed by atoms with Gasteiger partial charge in [0.1, 0.15) is 5.75 Å². The van der Waals surface area contributed by atoms with Crippen LogP contribution in [0.2, 0.25) is 0 Å². The average molecular weight is 312 g/mol. The maximum absolute atomic E-state index is 11.7. The van der Waals surface area contributed by atoms with Crippen molar-refractivity contribution < 1.29 is 14.6 Å². The molecule has 2 aromatic carbocycles. The topological polar surface area (TPSA) is 46.5 Å². The van der Waals surface area contributed by atoms with Crippen LogP contribution in [0.5, 0.6) is 5.75 Å². The SMILES string of the molecule is CCCCOc1cccc(CC(C(=O)O)c2ccc(C)cc2)c1. The number of aryl methyl sites for hydroxylation is 1. The fourth-order valence-electron chi connectivity index (χ4n) is 2.48. The number of unbranched alkanes of at least 4 members (excludes halogenated alkanes) is 1. The zero-order chi connectivity index (χ0) is 16.7. The van der Waals surface area contributed by atoms with Gasteiger partial charge in [-0.3, -0.25) is 4.79 Å². The summed E-state index contributed by atoms with van der Waals surface area (Å²) in [4.78, 5) is 11.7. The molecule has 0 saturated heterocycles. The number of carbonyl (C=O) groups is 1. The van der Waals surface area contributed by atoms with Crippen molar-refractivity contribution >= 4 is 5.97 Å². The second-order valence-corrected chi connectivity index (χ2v) is 5.86. The summed E-state index contributed by atoms with van der Waals surface area (Å²) in [6.07, 6.45) is 2.57. The lowest BCUT2D eigenvalue weighted by molar-refractivity contribution is -0.138. The Morgan fingerprint density at radius 2 is 1.91 bits per heavy atom. The molecule has 23 heavy (non-hydrogen) atoms. The number of hydrogen-bond acceptors (Lipinski definition) is 2. The summed E-state index contributed by atoms with van der Waals surface area (Å²) >= 11 is 0. The number of carboxylic acid groups (broad SMARTS) is 1. The van der Waals surface area contributed by atoms with Gasteiger partial charge < -0.3 is 9.84 Å². The Kier molecular flexibility index (Phi) is 6.21. The van der Waals surface area contributed by atoms with E-state index in [0.29, 0.717) is 13.0 Å². The summed E-state index contributed by atoms with van der Waals surface area (Å²) in [6.45, 7) is 4.82. The predicted octanol–water partition coefficient (Wildman–Crippen LogP) is 4.58. The Balaban J connectivity index is 2.12. The molecule has 0 bridgehead atoms. The third-order valence-corrected chi connectivity index (χ3v) is 3.88. The molecule has 0 fully saturated rings. The minimum absolute atomic E-state index is 0.462. The lowest BCUT2D eigenvalue weighted by Gasteiger charge is -2.14. The van der Waals surface area contributed by atoms with Crippen LogP contribution >= 0.6 is 0 Å². The van der Waals surface area contributed by atoms with Crippen LogP contribution in [0.25, 0.3) is 0 Å². The molecule has 0 amide bonds. The van der Waals surface area contributed by atoms with E-state index in [2.05, 4.69) is 6.92 Å². The van der Waals surface area contributed by atoms with Crippen molar-refractivity contribution in [1.29, 1.82) is 0 Å². The highest BCUT2D eigenvalue weighted by Crippen LogP contribution is 2.24. The van der Waals surface area contributed by atoms with Crippen LogP contribution in [-0.4, -0.2) is 17.7 Å². The summed E-state index contributed by atoms with van der Waals surface area (Å²) in [5.74, 6) is -0.531. The van der Waals surface area contributed by atoms with Crippen LogP contribution in [0.15, 0.2) is 48.5 Å². The van der Waals surface area contributed by atoms with Crippen molar-refractivity contribution in [1.82, 2.24) is 0 Å². The van der Waals surface area contributed by atoms with E-state index in [1.807, 2.05) is 55.5 Å². The standard InChI is InChI=1S/C20H24O3/c1-3-4-12-23-18-7-5-6-16(13-18)14-19(20(21)22)17-10-8-15(2)9-11-17/h5-11,13,19H,3-4,12,14H2,1-2H3,(H,21,22). The number of hydrogen-bond donors (Lipinski definition) is 1. The summed E-state index contributed by atoms with van der Waals surface area (Å²) in [5.41, 5.74) is 2.94. The Morgan fingerprint density at radius 3 is 2.57 bits per heavy atom. The van der Waals surface area contributed by atoms with Crippen molar-refractivity contribution in [2.45, 2.75) is 39.0 Å². The molecule has 0 aliphatic rings. The molecular weight excluding hydrogens is 288 g/mol. The summed E-state index contributed by atoms with van der Waals surface area (Å²) in [6, 6.07) is 15.4. The first-order chi connectivity index (χ1) is 11.1. The highest BCUT2D eigenvalue weighted by molar-refractivity contribution is 5.76. The minimum atomic E-state index is -0.800. The number of rotatable bonds is 8. The molecular formula is C20H24O3. The molecule has 0 aromatic heterocycles. The molecule has 0 saturated carbocycles. The molecule has 1 N–H and O–H groups in total. The molecule has 0 aliphatic carbocycles. The number of benzene rings is 2. The maximum Gasteiger partial charge on any atom is 0.311 e. The fraction of sp³-hybridized carbons (Fsp3) is 0.350. The zero-order valence-electron chi connectivity index (χ0n) is 13.8. The van der Waals surface area contributed by atoms with E-state index in [1.54, 1.807) is 0 Å². The molecule has 122 valence electrons. The van der Waals surface area contributed by atoms with Gasteiger partial charge in [-0.15, -0.1) is 0 Å². The van der Waals surface area contributed by atoms with Crippen LogP contribution in [0.3, 0.4) is 0 Å². The fourth-order valence-corrected chi connectivity index (χ4v) is 2.48. The van der Waals surface area contributed by atoms with Gasteiger partial charge in [0.2, 0.25) is 0 Å². The van der Waals surface area contributed by atoms with Gasteiger partial charge in [0.25, 0.3) is 0 Å². The molecule has 0 spiro atoms. The Labute approximate surface area is 137 Å². The van der Waals surface area contributed by atoms with Gasteiger partial charge in [0.05, 0.1) is 12.5 Å². The van der Waals surface area contributed by atoms with Crippen LogP contribution in [-0.2, 0) is 11.2 Å².